The lowest BCUT2D eigenvalue weighted by atomic mass is 10.1. The monoisotopic (exact) mass is 313 g/mol. The van der Waals surface area contributed by atoms with E-state index in [0.29, 0.717) is 10.9 Å². The molecular formula is C16H31N3OS. The Balaban J connectivity index is 1.53. The molecule has 0 aromatic rings. The van der Waals surface area contributed by atoms with Gasteiger partial charge in [0, 0.05) is 31.5 Å². The highest BCUT2D eigenvalue weighted by Gasteiger charge is 2.29. The van der Waals surface area contributed by atoms with Crippen LogP contribution < -0.4 is 10.6 Å². The minimum atomic E-state index is 0.378. The van der Waals surface area contributed by atoms with Gasteiger partial charge < -0.3 is 15.4 Å². The summed E-state index contributed by atoms with van der Waals surface area (Å²) in [4.78, 5) is 4.30. The normalized spacial score (nSPS) is 27.2. The molecule has 0 aromatic carbocycles. The summed E-state index contributed by atoms with van der Waals surface area (Å²) in [6.07, 6.45) is 9.42. The van der Waals surface area contributed by atoms with E-state index in [4.69, 9.17) is 4.74 Å². The van der Waals surface area contributed by atoms with Gasteiger partial charge in [0.05, 0.1) is 6.10 Å². The fourth-order valence-corrected chi connectivity index (χ4v) is 4.30. The second-order valence-electron chi connectivity index (χ2n) is 6.39. The van der Waals surface area contributed by atoms with Crippen molar-refractivity contribution < 1.29 is 4.74 Å². The summed E-state index contributed by atoms with van der Waals surface area (Å²) in [5.74, 6) is 2.22. The molecule has 1 heterocycles. The predicted molar refractivity (Wildman–Crippen MR) is 92.3 cm³/mol. The number of ether oxygens (including phenoxy) is 1. The number of hydrogen-bond acceptors (Lipinski definition) is 3. The van der Waals surface area contributed by atoms with Crippen molar-refractivity contribution in [1.82, 2.24) is 10.6 Å². The zero-order valence-corrected chi connectivity index (χ0v) is 14.4. The summed E-state index contributed by atoms with van der Waals surface area (Å²) < 4.78 is 6.25. The molecule has 1 saturated heterocycles. The van der Waals surface area contributed by atoms with Gasteiger partial charge in [-0.05, 0) is 44.8 Å². The first-order valence-electron chi connectivity index (χ1n) is 8.42. The lowest BCUT2D eigenvalue weighted by Crippen LogP contribution is -2.44. The highest BCUT2D eigenvalue weighted by atomic mass is 32.2. The fraction of sp³-hybridized carbons (Fsp3) is 0.938. The quantitative estimate of drug-likeness (QED) is 0.431. The van der Waals surface area contributed by atoms with Crippen molar-refractivity contribution >= 4 is 17.7 Å². The zero-order valence-electron chi connectivity index (χ0n) is 13.6. The molecule has 4 nitrogen and oxygen atoms in total. The third-order valence-electron chi connectivity index (χ3n) is 4.42. The summed E-state index contributed by atoms with van der Waals surface area (Å²) >= 11 is 2.08. The van der Waals surface area contributed by atoms with Crippen LogP contribution >= 0.6 is 11.8 Å². The van der Waals surface area contributed by atoms with Crippen LogP contribution in [0.5, 0.6) is 0 Å². The summed E-state index contributed by atoms with van der Waals surface area (Å²) in [6.45, 7) is 5.13. The van der Waals surface area contributed by atoms with Crippen LogP contribution in [0.2, 0.25) is 0 Å². The molecule has 1 atom stereocenters. The number of thioether (sulfide) groups is 1. The summed E-state index contributed by atoms with van der Waals surface area (Å²) in [6, 6.07) is 0. The molecule has 2 aliphatic rings. The van der Waals surface area contributed by atoms with E-state index in [0.717, 1.165) is 32.1 Å². The maximum atomic E-state index is 5.87. The van der Waals surface area contributed by atoms with Crippen LogP contribution in [0, 0.1) is 0 Å². The number of aliphatic imine (C=N–C) groups is 1. The molecule has 0 radical (unpaired) electrons. The number of nitrogens with zero attached hydrogens (tertiary/aromatic N) is 1. The van der Waals surface area contributed by atoms with Gasteiger partial charge in [-0.15, -0.1) is 0 Å². The third kappa shape index (κ3) is 6.07. The second-order valence-corrected chi connectivity index (χ2v) is 8.07. The number of nitrogens with one attached hydrogen (secondary N) is 2. The summed E-state index contributed by atoms with van der Waals surface area (Å²) in [5.41, 5.74) is 0. The average molecular weight is 314 g/mol. The topological polar surface area (TPSA) is 45.7 Å². The van der Waals surface area contributed by atoms with Gasteiger partial charge in [-0.2, -0.15) is 11.8 Å². The smallest absolute Gasteiger partial charge is 0.191 e. The van der Waals surface area contributed by atoms with Crippen molar-refractivity contribution in [2.24, 2.45) is 4.99 Å². The van der Waals surface area contributed by atoms with Crippen LogP contribution in [0.3, 0.4) is 0 Å². The molecular weight excluding hydrogens is 282 g/mol. The zero-order chi connectivity index (χ0) is 15.0. The third-order valence-corrected chi connectivity index (χ3v) is 5.96. The first kappa shape index (κ1) is 16.9. The lowest BCUT2D eigenvalue weighted by molar-refractivity contribution is 0.0574. The predicted octanol–water partition coefficient (Wildman–Crippen LogP) is 2.79. The number of guanidine groups is 1. The van der Waals surface area contributed by atoms with Gasteiger partial charge in [-0.3, -0.25) is 4.99 Å². The van der Waals surface area contributed by atoms with Crippen molar-refractivity contribution in [2.75, 3.05) is 32.5 Å². The minimum absolute atomic E-state index is 0.378. The standard InChI is InChI=1S/C16H31N3OS/c1-16(9-5-12-21-16)13-19-15(17-2)18-10-6-11-20-14-7-3-4-8-14/h14H,3-13H2,1-2H3,(H2,17,18,19). The van der Waals surface area contributed by atoms with Gasteiger partial charge in [0.1, 0.15) is 0 Å². The Morgan fingerprint density at radius 3 is 2.76 bits per heavy atom. The van der Waals surface area contributed by atoms with E-state index in [-0.39, 0.29) is 0 Å². The van der Waals surface area contributed by atoms with Crippen molar-refractivity contribution in [1.29, 1.82) is 0 Å². The summed E-state index contributed by atoms with van der Waals surface area (Å²) in [7, 11) is 1.84. The summed E-state index contributed by atoms with van der Waals surface area (Å²) in [5, 5.41) is 6.85. The van der Waals surface area contributed by atoms with Crippen molar-refractivity contribution in [3.05, 3.63) is 0 Å². The van der Waals surface area contributed by atoms with Crippen LogP contribution in [-0.4, -0.2) is 49.3 Å². The fourth-order valence-electron chi connectivity index (χ4n) is 3.05. The maximum absolute atomic E-state index is 5.87. The Bertz CT molecular complexity index is 323. The van der Waals surface area contributed by atoms with E-state index in [1.54, 1.807) is 0 Å². The highest BCUT2D eigenvalue weighted by molar-refractivity contribution is 8.00. The lowest BCUT2D eigenvalue weighted by Gasteiger charge is -2.24. The van der Waals surface area contributed by atoms with Gasteiger partial charge >= 0.3 is 0 Å². The molecule has 1 saturated carbocycles. The Labute approximate surface area is 133 Å². The first-order valence-corrected chi connectivity index (χ1v) is 9.40. The van der Waals surface area contributed by atoms with Gasteiger partial charge in [0.15, 0.2) is 5.96 Å². The van der Waals surface area contributed by atoms with E-state index in [1.165, 1.54) is 44.3 Å². The van der Waals surface area contributed by atoms with Crippen LogP contribution in [0.15, 0.2) is 4.99 Å². The molecule has 21 heavy (non-hydrogen) atoms. The second kappa shape index (κ2) is 8.89. The van der Waals surface area contributed by atoms with Crippen molar-refractivity contribution in [3.8, 4) is 0 Å². The van der Waals surface area contributed by atoms with Crippen molar-refractivity contribution in [3.63, 3.8) is 0 Å². The molecule has 2 fully saturated rings. The van der Waals surface area contributed by atoms with E-state index in [1.807, 2.05) is 7.05 Å². The SMILES string of the molecule is CN=C(NCCCOC1CCCC1)NCC1(C)CCCS1. The molecule has 1 aliphatic heterocycles. The molecule has 122 valence electrons. The molecule has 0 amide bonds. The highest BCUT2D eigenvalue weighted by Crippen LogP contribution is 2.36. The molecule has 1 aliphatic carbocycles. The van der Waals surface area contributed by atoms with Crippen LogP contribution in [-0.2, 0) is 4.74 Å². The largest absolute Gasteiger partial charge is 0.378 e. The van der Waals surface area contributed by atoms with E-state index in [2.05, 4.69) is 34.3 Å². The van der Waals surface area contributed by atoms with Crippen LogP contribution in [0.4, 0.5) is 0 Å². The Kier molecular flexibility index (Phi) is 7.17. The van der Waals surface area contributed by atoms with Crippen LogP contribution in [0.25, 0.3) is 0 Å². The maximum Gasteiger partial charge on any atom is 0.191 e. The Hall–Kier alpha value is -0.420. The Morgan fingerprint density at radius 1 is 1.29 bits per heavy atom. The number of rotatable bonds is 7. The van der Waals surface area contributed by atoms with E-state index in [9.17, 15) is 0 Å². The molecule has 0 spiro atoms. The average Bonchev–Trinajstić information content (AvgIpc) is 3.14. The first-order chi connectivity index (χ1) is 10.2. The van der Waals surface area contributed by atoms with Crippen LogP contribution in [0.1, 0.15) is 51.9 Å². The van der Waals surface area contributed by atoms with Gasteiger partial charge in [-0.25, -0.2) is 0 Å². The van der Waals surface area contributed by atoms with E-state index < -0.39 is 0 Å². The molecule has 2 N–H and O–H groups in total. The molecule has 5 heteroatoms. The van der Waals surface area contributed by atoms with Gasteiger partial charge in [0.25, 0.3) is 0 Å². The van der Waals surface area contributed by atoms with Gasteiger partial charge in [0.2, 0.25) is 0 Å². The Morgan fingerprint density at radius 2 is 2.10 bits per heavy atom. The van der Waals surface area contributed by atoms with E-state index >= 15 is 0 Å². The minimum Gasteiger partial charge on any atom is -0.378 e. The molecule has 0 bridgehead atoms. The molecule has 1 unspecified atom stereocenters. The number of hydrogen-bond donors (Lipinski definition) is 2. The van der Waals surface area contributed by atoms with Gasteiger partial charge in [-0.1, -0.05) is 12.8 Å². The molecule has 2 rings (SSSR count). The van der Waals surface area contributed by atoms with Crippen molar-refractivity contribution in [2.45, 2.75) is 62.7 Å². The molecule has 0 aromatic heterocycles.